The first kappa shape index (κ1) is 16.0. The van der Waals surface area contributed by atoms with Crippen molar-refractivity contribution < 1.29 is 4.79 Å². The van der Waals surface area contributed by atoms with Crippen LogP contribution in [0.3, 0.4) is 0 Å². The molecule has 1 rings (SSSR count). The van der Waals surface area contributed by atoms with Crippen molar-refractivity contribution in [2.75, 3.05) is 13.6 Å². The highest BCUT2D eigenvalue weighted by atomic mass is 16.1. The minimum Gasteiger partial charge on any atom is -0.366 e. The van der Waals surface area contributed by atoms with Crippen LogP contribution in [-0.4, -0.2) is 25.5 Å². The Morgan fingerprint density at radius 2 is 2.10 bits per heavy atom. The zero-order chi connectivity index (χ0) is 14.8. The third-order valence-corrected chi connectivity index (χ3v) is 2.97. The Bertz CT molecular complexity index is 457. The van der Waals surface area contributed by atoms with Crippen molar-refractivity contribution in [1.82, 2.24) is 10.6 Å². The van der Waals surface area contributed by atoms with Gasteiger partial charge in [0.05, 0.1) is 0 Å². The van der Waals surface area contributed by atoms with Gasteiger partial charge in [0, 0.05) is 25.7 Å². The van der Waals surface area contributed by atoms with Crippen LogP contribution in [0.1, 0.15) is 42.1 Å². The molecule has 1 aromatic carbocycles. The minimum atomic E-state index is -0.408. The predicted molar refractivity (Wildman–Crippen MR) is 82.7 cm³/mol. The SMILES string of the molecule is CCCCCNC(=NC)NCc1cccc(C(N)=O)c1. The topological polar surface area (TPSA) is 79.5 Å². The zero-order valence-electron chi connectivity index (χ0n) is 12.3. The molecule has 0 bridgehead atoms. The summed E-state index contributed by atoms with van der Waals surface area (Å²) in [6, 6.07) is 7.28. The number of primary amides is 1. The Labute approximate surface area is 120 Å². The summed E-state index contributed by atoms with van der Waals surface area (Å²) in [5.74, 6) is 0.361. The van der Waals surface area contributed by atoms with Gasteiger partial charge >= 0.3 is 0 Å². The van der Waals surface area contributed by atoms with Gasteiger partial charge in [0.25, 0.3) is 0 Å². The van der Waals surface area contributed by atoms with E-state index in [2.05, 4.69) is 22.5 Å². The van der Waals surface area contributed by atoms with Crippen molar-refractivity contribution in [3.63, 3.8) is 0 Å². The lowest BCUT2D eigenvalue weighted by molar-refractivity contribution is 0.1000. The molecule has 0 aliphatic rings. The predicted octanol–water partition coefficient (Wildman–Crippen LogP) is 1.64. The summed E-state index contributed by atoms with van der Waals surface area (Å²) in [6.45, 7) is 3.70. The van der Waals surface area contributed by atoms with Gasteiger partial charge in [-0.3, -0.25) is 9.79 Å². The van der Waals surface area contributed by atoms with Crippen LogP contribution in [-0.2, 0) is 6.54 Å². The van der Waals surface area contributed by atoms with E-state index in [1.54, 1.807) is 19.2 Å². The lowest BCUT2D eigenvalue weighted by Crippen LogP contribution is -2.37. The maximum Gasteiger partial charge on any atom is 0.248 e. The summed E-state index contributed by atoms with van der Waals surface area (Å²) in [5.41, 5.74) is 6.78. The smallest absolute Gasteiger partial charge is 0.248 e. The van der Waals surface area contributed by atoms with Gasteiger partial charge in [-0.15, -0.1) is 0 Å². The Morgan fingerprint density at radius 1 is 1.30 bits per heavy atom. The number of carbonyl (C=O) groups is 1. The first-order valence-corrected chi connectivity index (χ1v) is 7.00. The second-order valence-electron chi connectivity index (χ2n) is 4.62. The number of nitrogens with zero attached hydrogens (tertiary/aromatic N) is 1. The van der Waals surface area contributed by atoms with Crippen LogP contribution in [0, 0.1) is 0 Å². The van der Waals surface area contributed by atoms with E-state index >= 15 is 0 Å². The van der Waals surface area contributed by atoms with Gasteiger partial charge in [-0.05, 0) is 24.1 Å². The average molecular weight is 276 g/mol. The van der Waals surface area contributed by atoms with E-state index in [1.165, 1.54) is 12.8 Å². The maximum absolute atomic E-state index is 11.1. The highest BCUT2D eigenvalue weighted by Crippen LogP contribution is 2.04. The van der Waals surface area contributed by atoms with Crippen LogP contribution in [0.25, 0.3) is 0 Å². The summed E-state index contributed by atoms with van der Waals surface area (Å²) in [4.78, 5) is 15.3. The van der Waals surface area contributed by atoms with Crippen LogP contribution in [0.2, 0.25) is 0 Å². The number of amides is 1. The number of hydrogen-bond donors (Lipinski definition) is 3. The van der Waals surface area contributed by atoms with E-state index in [0.717, 1.165) is 24.5 Å². The number of carbonyl (C=O) groups excluding carboxylic acids is 1. The summed E-state index contributed by atoms with van der Waals surface area (Å²) in [6.07, 6.45) is 3.55. The molecule has 1 aromatic rings. The van der Waals surface area contributed by atoms with Crippen LogP contribution in [0.5, 0.6) is 0 Å². The molecule has 0 spiro atoms. The van der Waals surface area contributed by atoms with Crippen molar-refractivity contribution in [1.29, 1.82) is 0 Å². The van der Waals surface area contributed by atoms with Crippen LogP contribution in [0.15, 0.2) is 29.3 Å². The number of nitrogens with one attached hydrogen (secondary N) is 2. The standard InChI is InChI=1S/C15H24N4O/c1-3-4-5-9-18-15(17-2)19-11-12-7-6-8-13(10-12)14(16)20/h6-8,10H,3-5,9,11H2,1-2H3,(H2,16,20)(H2,17,18,19). The Balaban J connectivity index is 2.44. The Morgan fingerprint density at radius 3 is 2.75 bits per heavy atom. The maximum atomic E-state index is 11.1. The van der Waals surface area contributed by atoms with E-state index in [4.69, 9.17) is 5.73 Å². The second kappa shape index (κ2) is 8.96. The summed E-state index contributed by atoms with van der Waals surface area (Å²) in [7, 11) is 1.75. The molecule has 5 nitrogen and oxygen atoms in total. The van der Waals surface area contributed by atoms with Crippen molar-refractivity contribution in [3.05, 3.63) is 35.4 Å². The lowest BCUT2D eigenvalue weighted by Gasteiger charge is -2.12. The van der Waals surface area contributed by atoms with Gasteiger partial charge in [0.2, 0.25) is 5.91 Å². The number of hydrogen-bond acceptors (Lipinski definition) is 2. The molecule has 0 saturated carbocycles. The molecule has 0 atom stereocenters. The van der Waals surface area contributed by atoms with Crippen LogP contribution >= 0.6 is 0 Å². The fourth-order valence-corrected chi connectivity index (χ4v) is 1.82. The third-order valence-electron chi connectivity index (χ3n) is 2.97. The van der Waals surface area contributed by atoms with Gasteiger partial charge in [-0.25, -0.2) is 0 Å². The normalized spacial score (nSPS) is 11.2. The molecular formula is C15H24N4O. The lowest BCUT2D eigenvalue weighted by atomic mass is 10.1. The van der Waals surface area contributed by atoms with E-state index in [1.807, 2.05) is 12.1 Å². The summed E-state index contributed by atoms with van der Waals surface area (Å²) >= 11 is 0. The van der Waals surface area contributed by atoms with E-state index < -0.39 is 5.91 Å². The molecule has 20 heavy (non-hydrogen) atoms. The summed E-state index contributed by atoms with van der Waals surface area (Å²) < 4.78 is 0. The zero-order valence-corrected chi connectivity index (χ0v) is 12.3. The quantitative estimate of drug-likeness (QED) is 0.402. The number of nitrogens with two attached hydrogens (primary N) is 1. The fourth-order valence-electron chi connectivity index (χ4n) is 1.82. The molecule has 0 heterocycles. The minimum absolute atomic E-state index is 0.408. The number of benzene rings is 1. The average Bonchev–Trinajstić information content (AvgIpc) is 2.47. The fraction of sp³-hybridized carbons (Fsp3) is 0.467. The molecule has 0 aliphatic carbocycles. The highest BCUT2D eigenvalue weighted by Gasteiger charge is 2.02. The van der Waals surface area contributed by atoms with Crippen LogP contribution < -0.4 is 16.4 Å². The van der Waals surface area contributed by atoms with Gasteiger partial charge in [-0.2, -0.15) is 0 Å². The number of rotatable bonds is 7. The third kappa shape index (κ3) is 5.73. The first-order valence-electron chi connectivity index (χ1n) is 7.00. The number of guanidine groups is 1. The van der Waals surface area contributed by atoms with Crippen molar-refractivity contribution in [2.24, 2.45) is 10.7 Å². The Kier molecular flexibility index (Phi) is 7.17. The molecule has 0 aromatic heterocycles. The molecule has 5 heteroatoms. The van der Waals surface area contributed by atoms with E-state index in [9.17, 15) is 4.79 Å². The van der Waals surface area contributed by atoms with Crippen molar-refractivity contribution >= 4 is 11.9 Å². The molecule has 1 amide bonds. The number of aliphatic imine (C=N–C) groups is 1. The number of unbranched alkanes of at least 4 members (excludes halogenated alkanes) is 2. The van der Waals surface area contributed by atoms with Gasteiger partial charge < -0.3 is 16.4 Å². The van der Waals surface area contributed by atoms with Crippen molar-refractivity contribution in [2.45, 2.75) is 32.7 Å². The molecule has 0 saturated heterocycles. The molecular weight excluding hydrogens is 252 g/mol. The van der Waals surface area contributed by atoms with E-state index in [0.29, 0.717) is 12.1 Å². The van der Waals surface area contributed by atoms with Gasteiger partial charge in [0.15, 0.2) is 5.96 Å². The first-order chi connectivity index (χ1) is 9.67. The van der Waals surface area contributed by atoms with Crippen molar-refractivity contribution in [3.8, 4) is 0 Å². The van der Waals surface area contributed by atoms with Gasteiger partial charge in [0.1, 0.15) is 0 Å². The van der Waals surface area contributed by atoms with Gasteiger partial charge in [-0.1, -0.05) is 31.9 Å². The molecule has 4 N–H and O–H groups in total. The molecule has 0 radical (unpaired) electrons. The monoisotopic (exact) mass is 276 g/mol. The van der Waals surface area contributed by atoms with E-state index in [-0.39, 0.29) is 0 Å². The largest absolute Gasteiger partial charge is 0.366 e. The summed E-state index contributed by atoms with van der Waals surface area (Å²) in [5, 5.41) is 6.47. The second-order valence-corrected chi connectivity index (χ2v) is 4.62. The molecule has 0 aliphatic heterocycles. The van der Waals surface area contributed by atoms with Crippen LogP contribution in [0.4, 0.5) is 0 Å². The highest BCUT2D eigenvalue weighted by molar-refractivity contribution is 5.92. The molecule has 0 fully saturated rings. The molecule has 110 valence electrons. The molecule has 0 unspecified atom stereocenters. The Hall–Kier alpha value is -2.04.